The van der Waals surface area contributed by atoms with Crippen LogP contribution in [0.25, 0.3) is 5.70 Å². The second kappa shape index (κ2) is 9.27. The Bertz CT molecular complexity index is 1180. The molecule has 0 bridgehead atoms. The lowest BCUT2D eigenvalue weighted by Gasteiger charge is -2.35. The molecule has 2 aromatic carbocycles. The number of carbonyl (C=O) groups is 2. The van der Waals surface area contributed by atoms with Gasteiger partial charge < -0.3 is 19.7 Å². The molecule has 1 saturated heterocycles. The molecule has 2 heterocycles. The Hall–Kier alpha value is -3.96. The summed E-state index contributed by atoms with van der Waals surface area (Å²) in [5, 5.41) is 12.7. The molecule has 2 aliphatic heterocycles. The standard InChI is InChI=1S/C25H24N4O4/c1-15-13-29(14-16(2)33-15)25(31)21(12-26)22-19-6-4-5-7-20(19)23(27-22)28-24(30)17-8-10-18(32-3)11-9-17/h4-11,15-16H,13-14H2,1-3H3,(H,27,28,30)/b22-21-/t15-,16-/m1/s1. The molecule has 0 aliphatic carbocycles. The van der Waals surface area contributed by atoms with Crippen molar-refractivity contribution < 1.29 is 19.1 Å². The Morgan fingerprint density at radius 1 is 1.09 bits per heavy atom. The summed E-state index contributed by atoms with van der Waals surface area (Å²) < 4.78 is 10.8. The van der Waals surface area contributed by atoms with Gasteiger partial charge in [0.1, 0.15) is 23.2 Å². The lowest BCUT2D eigenvalue weighted by atomic mass is 10.0. The molecule has 2 amide bonds. The zero-order chi connectivity index (χ0) is 23.5. The minimum Gasteiger partial charge on any atom is -0.497 e. The van der Waals surface area contributed by atoms with E-state index in [9.17, 15) is 14.9 Å². The van der Waals surface area contributed by atoms with Crippen molar-refractivity contribution in [3.8, 4) is 11.8 Å². The van der Waals surface area contributed by atoms with Crippen molar-refractivity contribution in [2.75, 3.05) is 20.2 Å². The van der Waals surface area contributed by atoms with Crippen LogP contribution < -0.4 is 10.1 Å². The summed E-state index contributed by atoms with van der Waals surface area (Å²) in [4.78, 5) is 32.2. The van der Waals surface area contributed by atoms with E-state index in [1.807, 2.05) is 26.0 Å². The minimum atomic E-state index is -0.393. The number of nitrogens with zero attached hydrogens (tertiary/aromatic N) is 3. The molecule has 1 fully saturated rings. The zero-order valence-corrected chi connectivity index (χ0v) is 18.7. The van der Waals surface area contributed by atoms with Crippen molar-refractivity contribution in [2.24, 2.45) is 4.99 Å². The molecule has 2 aliphatic rings. The van der Waals surface area contributed by atoms with Crippen LogP contribution in [0.3, 0.4) is 0 Å². The fourth-order valence-electron chi connectivity index (χ4n) is 4.04. The van der Waals surface area contributed by atoms with Crippen LogP contribution >= 0.6 is 0 Å². The van der Waals surface area contributed by atoms with Crippen LogP contribution in [0.5, 0.6) is 5.75 Å². The van der Waals surface area contributed by atoms with Crippen LogP contribution in [0.2, 0.25) is 0 Å². The van der Waals surface area contributed by atoms with Crippen LogP contribution in [0.1, 0.15) is 35.3 Å². The number of benzene rings is 2. The third-order valence-electron chi connectivity index (χ3n) is 5.51. The molecule has 0 radical (unpaired) electrons. The first-order valence-corrected chi connectivity index (χ1v) is 10.6. The fourth-order valence-corrected chi connectivity index (χ4v) is 4.04. The summed E-state index contributed by atoms with van der Waals surface area (Å²) in [5.74, 6) is 0.193. The SMILES string of the molecule is COc1ccc(C(=O)NC2=N/C(=C(/C#N)C(=O)N3C[C@@H](C)O[C@H](C)C3)c3ccccc32)cc1. The van der Waals surface area contributed by atoms with Crippen LogP contribution in [-0.2, 0) is 9.53 Å². The topological polar surface area (TPSA) is 104 Å². The van der Waals surface area contributed by atoms with Crippen molar-refractivity contribution in [3.63, 3.8) is 0 Å². The number of fused-ring (bicyclic) bond motifs is 1. The summed E-state index contributed by atoms with van der Waals surface area (Å²) in [6.45, 7) is 4.58. The summed E-state index contributed by atoms with van der Waals surface area (Å²) in [6, 6.07) is 15.9. The quantitative estimate of drug-likeness (QED) is 0.579. The largest absolute Gasteiger partial charge is 0.497 e. The Morgan fingerprint density at radius 2 is 1.73 bits per heavy atom. The second-order valence-electron chi connectivity index (χ2n) is 7.99. The smallest absolute Gasteiger partial charge is 0.266 e. The average molecular weight is 444 g/mol. The van der Waals surface area contributed by atoms with Gasteiger partial charge in [-0.25, -0.2) is 4.99 Å². The van der Waals surface area contributed by atoms with Crippen molar-refractivity contribution in [1.82, 2.24) is 10.2 Å². The van der Waals surface area contributed by atoms with E-state index in [1.165, 1.54) is 0 Å². The van der Waals surface area contributed by atoms with Crippen molar-refractivity contribution in [3.05, 3.63) is 70.8 Å². The van der Waals surface area contributed by atoms with Gasteiger partial charge in [-0.1, -0.05) is 24.3 Å². The maximum Gasteiger partial charge on any atom is 0.266 e. The monoisotopic (exact) mass is 444 g/mol. The molecule has 4 rings (SSSR count). The summed E-state index contributed by atoms with van der Waals surface area (Å²) in [5.41, 5.74) is 1.91. The van der Waals surface area contributed by atoms with Gasteiger partial charge in [0, 0.05) is 29.8 Å². The number of hydrogen-bond acceptors (Lipinski definition) is 6. The number of nitriles is 1. The lowest BCUT2D eigenvalue weighted by Crippen LogP contribution is -2.48. The molecule has 2 aromatic rings. The zero-order valence-electron chi connectivity index (χ0n) is 18.7. The first-order chi connectivity index (χ1) is 15.9. The first-order valence-electron chi connectivity index (χ1n) is 10.6. The first kappa shape index (κ1) is 22.2. The van der Waals surface area contributed by atoms with Crippen molar-refractivity contribution >= 4 is 23.3 Å². The highest BCUT2D eigenvalue weighted by Gasteiger charge is 2.32. The molecule has 0 aromatic heterocycles. The summed E-state index contributed by atoms with van der Waals surface area (Å²) in [7, 11) is 1.55. The number of nitrogens with one attached hydrogen (secondary N) is 1. The molecule has 8 nitrogen and oxygen atoms in total. The minimum absolute atomic E-state index is 0.0579. The molecule has 8 heteroatoms. The normalized spacial score (nSPS) is 20.9. The number of amidine groups is 1. The molecule has 168 valence electrons. The predicted molar refractivity (Wildman–Crippen MR) is 123 cm³/mol. The number of hydrogen-bond donors (Lipinski definition) is 1. The summed E-state index contributed by atoms with van der Waals surface area (Å²) in [6.07, 6.45) is -0.247. The molecule has 1 N–H and O–H groups in total. The average Bonchev–Trinajstić information content (AvgIpc) is 3.17. The van der Waals surface area contributed by atoms with E-state index in [0.717, 1.165) is 0 Å². The molecule has 2 atom stereocenters. The highest BCUT2D eigenvalue weighted by Crippen LogP contribution is 2.31. The van der Waals surface area contributed by atoms with E-state index in [1.54, 1.807) is 54.5 Å². The third-order valence-corrected chi connectivity index (χ3v) is 5.51. The van der Waals surface area contributed by atoms with Crippen molar-refractivity contribution in [2.45, 2.75) is 26.1 Å². The van der Waals surface area contributed by atoms with Gasteiger partial charge >= 0.3 is 0 Å². The number of carbonyl (C=O) groups excluding carboxylic acids is 2. The van der Waals surface area contributed by atoms with E-state index in [4.69, 9.17) is 9.47 Å². The van der Waals surface area contributed by atoms with Gasteiger partial charge in [0.25, 0.3) is 11.8 Å². The Labute approximate surface area is 192 Å². The maximum atomic E-state index is 13.2. The van der Waals surface area contributed by atoms with Crippen LogP contribution in [-0.4, -0.2) is 55.0 Å². The fraction of sp³-hybridized carbons (Fsp3) is 0.280. The molecule has 33 heavy (non-hydrogen) atoms. The highest BCUT2D eigenvalue weighted by atomic mass is 16.5. The van der Waals surface area contributed by atoms with E-state index in [-0.39, 0.29) is 29.4 Å². The number of aliphatic imine (C=N–C) groups is 1. The van der Waals surface area contributed by atoms with Crippen LogP contribution in [0.4, 0.5) is 0 Å². The Kier molecular flexibility index (Phi) is 6.24. The Morgan fingerprint density at radius 3 is 2.33 bits per heavy atom. The highest BCUT2D eigenvalue weighted by molar-refractivity contribution is 6.20. The maximum absolute atomic E-state index is 13.2. The van der Waals surface area contributed by atoms with E-state index in [2.05, 4.69) is 10.3 Å². The van der Waals surface area contributed by atoms with E-state index in [0.29, 0.717) is 41.4 Å². The Balaban J connectivity index is 1.67. The van der Waals surface area contributed by atoms with Crippen LogP contribution in [0, 0.1) is 11.3 Å². The predicted octanol–water partition coefficient (Wildman–Crippen LogP) is 2.76. The van der Waals surface area contributed by atoms with Gasteiger partial charge in [-0.15, -0.1) is 0 Å². The van der Waals surface area contributed by atoms with Gasteiger partial charge in [0.2, 0.25) is 0 Å². The molecular formula is C25H24N4O4. The number of amides is 2. The van der Waals surface area contributed by atoms with E-state index >= 15 is 0 Å². The van der Waals surface area contributed by atoms with Crippen LogP contribution in [0.15, 0.2) is 59.1 Å². The van der Waals surface area contributed by atoms with Crippen molar-refractivity contribution in [1.29, 1.82) is 5.26 Å². The molecular weight excluding hydrogens is 420 g/mol. The lowest BCUT2D eigenvalue weighted by molar-refractivity contribution is -0.138. The number of rotatable bonds is 3. The van der Waals surface area contributed by atoms with Gasteiger partial charge in [0.15, 0.2) is 0 Å². The number of morpholine rings is 1. The molecule has 0 unspecified atom stereocenters. The molecule has 0 saturated carbocycles. The van der Waals surface area contributed by atoms with Gasteiger partial charge in [0.05, 0.1) is 25.0 Å². The van der Waals surface area contributed by atoms with E-state index < -0.39 is 5.91 Å². The third kappa shape index (κ3) is 4.49. The number of methoxy groups -OCH3 is 1. The van der Waals surface area contributed by atoms with Gasteiger partial charge in [-0.05, 0) is 38.1 Å². The summed E-state index contributed by atoms with van der Waals surface area (Å²) >= 11 is 0. The molecule has 0 spiro atoms. The van der Waals surface area contributed by atoms with Gasteiger partial charge in [-0.3, -0.25) is 9.59 Å². The second-order valence-corrected chi connectivity index (χ2v) is 7.99. The van der Waals surface area contributed by atoms with Gasteiger partial charge in [-0.2, -0.15) is 5.26 Å². The number of ether oxygens (including phenoxy) is 2.